The number of nitrogens with zero attached hydrogens (tertiary/aromatic N) is 4. The van der Waals surface area contributed by atoms with Crippen molar-refractivity contribution in [1.82, 2.24) is 25.1 Å². The number of likely N-dealkylation sites (tertiary alicyclic amines) is 2. The molecule has 10 nitrogen and oxygen atoms in total. The molecule has 3 fully saturated rings. The molecule has 4 heterocycles. The number of aliphatic imine (C=N–C) groups is 1. The van der Waals surface area contributed by atoms with Gasteiger partial charge in [-0.1, -0.05) is 58.6 Å². The van der Waals surface area contributed by atoms with E-state index < -0.39 is 12.1 Å². The number of imidazole rings is 1. The summed E-state index contributed by atoms with van der Waals surface area (Å²) < 4.78 is 4.79. The largest absolute Gasteiger partial charge is 0.453 e. The Morgan fingerprint density at radius 1 is 0.941 bits per heavy atom. The number of carbonyl (C=O) groups excluding carboxylic acids is 3. The van der Waals surface area contributed by atoms with E-state index in [9.17, 15) is 14.4 Å². The Morgan fingerprint density at radius 3 is 2.41 bits per heavy atom. The Hall–Kier alpha value is -4.91. The molecule has 0 radical (unpaired) electrons. The molecule has 266 valence electrons. The van der Waals surface area contributed by atoms with E-state index in [-0.39, 0.29) is 41.8 Å². The van der Waals surface area contributed by atoms with Crippen LogP contribution in [0.1, 0.15) is 95.3 Å². The second-order valence-corrected chi connectivity index (χ2v) is 15.3. The van der Waals surface area contributed by atoms with E-state index >= 15 is 0 Å². The van der Waals surface area contributed by atoms with Crippen LogP contribution in [0.4, 0.5) is 4.79 Å². The van der Waals surface area contributed by atoms with Gasteiger partial charge in [-0.2, -0.15) is 0 Å². The molecule has 0 spiro atoms. The number of fused-ring (bicyclic) bond motifs is 2. The minimum atomic E-state index is -0.668. The first kappa shape index (κ1) is 34.5. The average molecular weight is 689 g/mol. The molecule has 3 amide bonds. The number of amides is 3. The lowest BCUT2D eigenvalue weighted by molar-refractivity contribution is -0.137. The average Bonchev–Trinajstić information content (AvgIpc) is 3.63. The third-order valence-corrected chi connectivity index (χ3v) is 11.2. The fourth-order valence-electron chi connectivity index (χ4n) is 7.81. The van der Waals surface area contributed by atoms with Crippen LogP contribution >= 0.6 is 0 Å². The monoisotopic (exact) mass is 688 g/mol. The molecule has 3 aliphatic heterocycles. The fourth-order valence-corrected chi connectivity index (χ4v) is 7.81. The van der Waals surface area contributed by atoms with Gasteiger partial charge in [-0.05, 0) is 84.9 Å². The number of rotatable bonds is 8. The van der Waals surface area contributed by atoms with Gasteiger partial charge < -0.3 is 24.8 Å². The topological polar surface area (TPSA) is 120 Å². The molecule has 7 rings (SSSR count). The number of ether oxygens (including phenoxy) is 1. The van der Waals surface area contributed by atoms with Crippen molar-refractivity contribution in [3.8, 4) is 11.8 Å². The van der Waals surface area contributed by atoms with E-state index in [0.717, 1.165) is 77.9 Å². The summed E-state index contributed by atoms with van der Waals surface area (Å²) in [7, 11) is 1.31. The quantitative estimate of drug-likeness (QED) is 0.263. The number of H-pyrrole nitrogens is 1. The van der Waals surface area contributed by atoms with Crippen molar-refractivity contribution in [1.29, 1.82) is 0 Å². The van der Waals surface area contributed by atoms with Gasteiger partial charge >= 0.3 is 6.09 Å². The minimum absolute atomic E-state index is 0.0139. The van der Waals surface area contributed by atoms with E-state index in [1.807, 2.05) is 62.2 Å². The predicted molar refractivity (Wildman–Crippen MR) is 198 cm³/mol. The molecule has 10 heteroatoms. The van der Waals surface area contributed by atoms with Crippen molar-refractivity contribution in [3.63, 3.8) is 0 Å². The van der Waals surface area contributed by atoms with Gasteiger partial charge in [0.25, 0.3) is 0 Å². The standard InChI is InChI=1S/C41H48N6O4/c1-23(2)25(5)39(48)46-17-7-8-34(46)33-19-30(22-42-33)28-14-11-26(12-15-28)9-10-27-13-16-31-32(18-27)44-38(43-31)36-21-29-20-35(29)47(36)40(49)37(24(3)4)45-41(50)51-6/h11-16,18,22-25,29,34-37H,7-8,17,19-21H2,1-6H3,(H,43,44)(H,45,50)/t25-,29+,34-,35+,36-,37-/m0/s1. The van der Waals surface area contributed by atoms with E-state index in [0.29, 0.717) is 11.8 Å². The SMILES string of the molecule is COC(=O)N[C@H](C(=O)N1[C@@H]2C[C@@H]2C[C@H]1c1nc2ccc(C#Cc3ccc(C4=CN=C([C@@H]5CCCN5C(=O)[C@@H](C)C(C)C)C4)cc3)cc2[nH]1)C(C)C. The fraction of sp³-hybridized carbons (Fsp3) is 0.488. The maximum absolute atomic E-state index is 13.8. The van der Waals surface area contributed by atoms with Crippen LogP contribution in [0.5, 0.6) is 0 Å². The number of hydrogen-bond acceptors (Lipinski definition) is 6. The molecular formula is C41H48N6O4. The number of alkyl carbamates (subject to hydrolysis) is 1. The molecule has 1 saturated carbocycles. The molecule has 0 unspecified atom stereocenters. The normalized spacial score (nSPS) is 23.5. The molecule has 51 heavy (non-hydrogen) atoms. The second-order valence-electron chi connectivity index (χ2n) is 15.3. The van der Waals surface area contributed by atoms with E-state index in [4.69, 9.17) is 14.7 Å². The Bertz CT molecular complexity index is 1960. The molecule has 2 saturated heterocycles. The Balaban J connectivity index is 1.00. The van der Waals surface area contributed by atoms with Gasteiger partial charge in [-0.25, -0.2) is 9.78 Å². The molecule has 1 aromatic heterocycles. The summed E-state index contributed by atoms with van der Waals surface area (Å²) in [6, 6.07) is 13.7. The van der Waals surface area contributed by atoms with Gasteiger partial charge in [0.2, 0.25) is 11.8 Å². The molecular weight excluding hydrogens is 640 g/mol. The number of hydrogen-bond donors (Lipinski definition) is 2. The first-order valence-corrected chi connectivity index (χ1v) is 18.4. The van der Waals surface area contributed by atoms with Crippen molar-refractivity contribution in [2.45, 2.75) is 90.9 Å². The molecule has 0 bridgehead atoms. The molecule has 4 aliphatic rings. The van der Waals surface area contributed by atoms with Gasteiger partial charge in [-0.15, -0.1) is 0 Å². The third kappa shape index (κ3) is 6.91. The smallest absolute Gasteiger partial charge is 0.407 e. The number of piperidine rings is 1. The van der Waals surface area contributed by atoms with Crippen molar-refractivity contribution >= 4 is 40.2 Å². The maximum Gasteiger partial charge on any atom is 0.407 e. The summed E-state index contributed by atoms with van der Waals surface area (Å²) in [6.45, 7) is 10.9. The highest BCUT2D eigenvalue weighted by molar-refractivity contribution is 6.03. The summed E-state index contributed by atoms with van der Waals surface area (Å²) in [4.78, 5) is 56.1. The zero-order valence-corrected chi connectivity index (χ0v) is 30.4. The number of allylic oxidation sites excluding steroid dienone is 1. The van der Waals surface area contributed by atoms with Crippen LogP contribution in [-0.2, 0) is 14.3 Å². The Kier molecular flexibility index (Phi) is 9.49. The number of nitrogens with one attached hydrogen (secondary N) is 2. The number of aromatic amines is 1. The summed E-state index contributed by atoms with van der Waals surface area (Å²) in [5.74, 6) is 8.21. The van der Waals surface area contributed by atoms with Crippen LogP contribution in [0.25, 0.3) is 16.6 Å². The summed E-state index contributed by atoms with van der Waals surface area (Å²) in [5, 5.41) is 2.74. The highest BCUT2D eigenvalue weighted by Crippen LogP contribution is 2.53. The van der Waals surface area contributed by atoms with E-state index in [1.54, 1.807) is 0 Å². The number of carbonyl (C=O) groups is 3. The van der Waals surface area contributed by atoms with Crippen molar-refractivity contribution < 1.29 is 19.1 Å². The molecule has 2 aromatic carbocycles. The van der Waals surface area contributed by atoms with Crippen LogP contribution in [0.2, 0.25) is 0 Å². The predicted octanol–water partition coefficient (Wildman–Crippen LogP) is 6.47. The van der Waals surface area contributed by atoms with Gasteiger partial charge in [0.15, 0.2) is 0 Å². The van der Waals surface area contributed by atoms with Crippen LogP contribution < -0.4 is 5.32 Å². The Morgan fingerprint density at radius 2 is 1.69 bits per heavy atom. The lowest BCUT2D eigenvalue weighted by Crippen LogP contribution is -2.52. The van der Waals surface area contributed by atoms with Crippen LogP contribution in [0, 0.1) is 35.5 Å². The van der Waals surface area contributed by atoms with Crippen LogP contribution in [0.15, 0.2) is 53.7 Å². The number of aromatic nitrogens is 2. The first-order chi connectivity index (χ1) is 24.5. The van der Waals surface area contributed by atoms with Crippen LogP contribution in [-0.4, -0.2) is 75.2 Å². The zero-order valence-electron chi connectivity index (χ0n) is 30.4. The van der Waals surface area contributed by atoms with Gasteiger partial charge in [0.1, 0.15) is 11.9 Å². The highest BCUT2D eigenvalue weighted by atomic mass is 16.5. The van der Waals surface area contributed by atoms with Gasteiger partial charge in [0, 0.05) is 48.0 Å². The Labute approximate surface area is 300 Å². The summed E-state index contributed by atoms with van der Waals surface area (Å²) in [6.07, 6.45) is 5.95. The van der Waals surface area contributed by atoms with Gasteiger partial charge in [-0.3, -0.25) is 14.6 Å². The van der Waals surface area contributed by atoms with E-state index in [1.165, 1.54) is 12.7 Å². The number of benzene rings is 2. The molecule has 1 aliphatic carbocycles. The maximum atomic E-state index is 13.8. The van der Waals surface area contributed by atoms with E-state index in [2.05, 4.69) is 53.0 Å². The van der Waals surface area contributed by atoms with Crippen molar-refractivity contribution in [2.24, 2.45) is 28.7 Å². The highest BCUT2D eigenvalue weighted by Gasteiger charge is 2.56. The second kappa shape index (κ2) is 14.0. The van der Waals surface area contributed by atoms with Gasteiger partial charge in [0.05, 0.1) is 30.2 Å². The molecule has 2 N–H and O–H groups in total. The van der Waals surface area contributed by atoms with Crippen molar-refractivity contribution in [3.05, 3.63) is 71.2 Å². The third-order valence-electron chi connectivity index (χ3n) is 11.2. The number of methoxy groups -OCH3 is 1. The zero-order chi connectivity index (χ0) is 36.0. The lowest BCUT2D eigenvalue weighted by atomic mass is 9.94. The van der Waals surface area contributed by atoms with Crippen LogP contribution in [0.3, 0.4) is 0 Å². The summed E-state index contributed by atoms with van der Waals surface area (Å²) in [5.41, 5.74) is 6.86. The van der Waals surface area contributed by atoms with Crippen molar-refractivity contribution in [2.75, 3.05) is 13.7 Å². The first-order valence-electron chi connectivity index (χ1n) is 18.4. The summed E-state index contributed by atoms with van der Waals surface area (Å²) >= 11 is 0. The minimum Gasteiger partial charge on any atom is -0.453 e. The lowest BCUT2D eigenvalue weighted by Gasteiger charge is -2.31. The molecule has 6 atom stereocenters. The molecule has 3 aromatic rings.